The molecule has 2 aromatic carbocycles. The number of morpholine rings is 1. The van der Waals surface area contributed by atoms with E-state index in [1.54, 1.807) is 12.4 Å². The maximum absolute atomic E-state index is 11.7. The molecule has 36 heavy (non-hydrogen) atoms. The van der Waals surface area contributed by atoms with E-state index in [4.69, 9.17) is 9.72 Å². The van der Waals surface area contributed by atoms with E-state index in [0.717, 1.165) is 28.9 Å². The van der Waals surface area contributed by atoms with Gasteiger partial charge in [0.2, 0.25) is 11.9 Å². The summed E-state index contributed by atoms with van der Waals surface area (Å²) in [5.74, 6) is 0.173. The standard InChI is InChI=1S/C27H26N6O3/c1-2-24(35)30-21-5-3-4-18(14-21)25-26-19(10-11-28-25)15-29-27(32-26)31-20-6-8-22(9-7-20)33-12-13-36-23(16-33)17-34/h2-11,14-15,23,34H,1,12-13,16-17H2,(H,30,35)(H,29,31,32)/t23-/m1/s1. The Balaban J connectivity index is 1.38. The Hall–Kier alpha value is -4.34. The minimum atomic E-state index is -0.278. The number of nitrogens with one attached hydrogen (secondary N) is 2. The van der Waals surface area contributed by atoms with Crippen molar-refractivity contribution in [2.75, 3.05) is 41.8 Å². The zero-order valence-electron chi connectivity index (χ0n) is 19.6. The number of aliphatic hydroxyl groups is 1. The molecular weight excluding hydrogens is 456 g/mol. The molecule has 9 nitrogen and oxygen atoms in total. The lowest BCUT2D eigenvalue weighted by Crippen LogP contribution is -2.44. The summed E-state index contributed by atoms with van der Waals surface area (Å²) in [6.45, 7) is 5.54. The maximum atomic E-state index is 11.7. The van der Waals surface area contributed by atoms with Gasteiger partial charge >= 0.3 is 0 Å². The fourth-order valence-corrected chi connectivity index (χ4v) is 4.11. The third-order valence-corrected chi connectivity index (χ3v) is 5.92. The van der Waals surface area contributed by atoms with Gasteiger partial charge in [0.05, 0.1) is 25.0 Å². The number of nitrogens with zero attached hydrogens (tertiary/aromatic N) is 4. The SMILES string of the molecule is C=CC(=O)Nc1cccc(-c2nccc3cnc(Nc4ccc(N5CCO[C@@H](CO)C5)cc4)nc23)c1. The average molecular weight is 483 g/mol. The van der Waals surface area contributed by atoms with Gasteiger partial charge < -0.3 is 25.4 Å². The molecule has 0 unspecified atom stereocenters. The molecule has 2 aromatic heterocycles. The third kappa shape index (κ3) is 5.17. The van der Waals surface area contributed by atoms with Crippen LogP contribution in [0.3, 0.4) is 0 Å². The molecule has 1 aliphatic heterocycles. The predicted molar refractivity (Wildman–Crippen MR) is 140 cm³/mol. The van der Waals surface area contributed by atoms with Crippen LogP contribution in [-0.2, 0) is 9.53 Å². The lowest BCUT2D eigenvalue weighted by molar-refractivity contribution is -0.111. The third-order valence-electron chi connectivity index (χ3n) is 5.92. The van der Waals surface area contributed by atoms with Crippen LogP contribution in [0.5, 0.6) is 0 Å². The number of ether oxygens (including phenoxy) is 1. The number of aliphatic hydroxyl groups excluding tert-OH is 1. The first kappa shape index (κ1) is 23.4. The molecule has 0 aliphatic carbocycles. The van der Waals surface area contributed by atoms with Gasteiger partial charge in [-0.15, -0.1) is 0 Å². The number of aromatic nitrogens is 3. The van der Waals surface area contributed by atoms with Crippen molar-refractivity contribution in [1.29, 1.82) is 0 Å². The smallest absolute Gasteiger partial charge is 0.247 e. The van der Waals surface area contributed by atoms with Gasteiger partial charge in [-0.1, -0.05) is 18.7 Å². The van der Waals surface area contributed by atoms with Gasteiger partial charge in [0.15, 0.2) is 0 Å². The summed E-state index contributed by atoms with van der Waals surface area (Å²) in [6, 6.07) is 17.3. The van der Waals surface area contributed by atoms with Gasteiger partial charge in [-0.05, 0) is 48.5 Å². The van der Waals surface area contributed by atoms with Crippen LogP contribution in [-0.4, -0.2) is 58.4 Å². The second kappa shape index (κ2) is 10.5. The number of rotatable bonds is 7. The number of anilines is 4. The fraction of sp³-hybridized carbons (Fsp3) is 0.185. The number of hydrogen-bond donors (Lipinski definition) is 3. The van der Waals surface area contributed by atoms with Gasteiger partial charge in [0.1, 0.15) is 5.52 Å². The molecule has 0 spiro atoms. The Labute approximate surface area is 208 Å². The van der Waals surface area contributed by atoms with Crippen LogP contribution in [0, 0.1) is 0 Å². The van der Waals surface area contributed by atoms with E-state index in [1.807, 2.05) is 54.6 Å². The van der Waals surface area contributed by atoms with Crippen LogP contribution in [0.25, 0.3) is 22.2 Å². The lowest BCUT2D eigenvalue weighted by atomic mass is 10.1. The van der Waals surface area contributed by atoms with E-state index in [2.05, 4.69) is 32.1 Å². The van der Waals surface area contributed by atoms with Crippen molar-refractivity contribution in [3.63, 3.8) is 0 Å². The molecule has 3 N–H and O–H groups in total. The van der Waals surface area contributed by atoms with Crippen molar-refractivity contribution in [3.8, 4) is 11.3 Å². The van der Waals surface area contributed by atoms with Crippen molar-refractivity contribution >= 4 is 39.8 Å². The Kier molecular flexibility index (Phi) is 6.83. The second-order valence-corrected chi connectivity index (χ2v) is 8.36. The van der Waals surface area contributed by atoms with Crippen molar-refractivity contribution in [3.05, 3.63) is 79.6 Å². The minimum Gasteiger partial charge on any atom is -0.394 e. The number of hydrogen-bond acceptors (Lipinski definition) is 8. The molecule has 5 rings (SSSR count). The summed E-state index contributed by atoms with van der Waals surface area (Å²) in [6.07, 6.45) is 4.54. The Morgan fingerprint density at radius 3 is 2.83 bits per heavy atom. The predicted octanol–water partition coefficient (Wildman–Crippen LogP) is 3.76. The van der Waals surface area contributed by atoms with E-state index in [-0.39, 0.29) is 18.6 Å². The maximum Gasteiger partial charge on any atom is 0.247 e. The molecule has 1 fully saturated rings. The van der Waals surface area contributed by atoms with Crippen molar-refractivity contribution in [2.24, 2.45) is 0 Å². The van der Waals surface area contributed by atoms with Gasteiger partial charge in [0.25, 0.3) is 0 Å². The summed E-state index contributed by atoms with van der Waals surface area (Å²) in [4.78, 5) is 27.7. The zero-order valence-corrected chi connectivity index (χ0v) is 19.6. The average Bonchev–Trinajstić information content (AvgIpc) is 2.93. The minimum absolute atomic E-state index is 0.0139. The Morgan fingerprint density at radius 2 is 2.03 bits per heavy atom. The largest absolute Gasteiger partial charge is 0.394 e. The normalized spacial score (nSPS) is 15.5. The summed E-state index contributed by atoms with van der Waals surface area (Å²) < 4.78 is 5.54. The highest BCUT2D eigenvalue weighted by Gasteiger charge is 2.20. The topological polar surface area (TPSA) is 112 Å². The summed E-state index contributed by atoms with van der Waals surface area (Å²) in [5.41, 5.74) is 4.77. The van der Waals surface area contributed by atoms with E-state index in [9.17, 15) is 9.90 Å². The molecular formula is C27H26N6O3. The Morgan fingerprint density at radius 1 is 1.17 bits per heavy atom. The van der Waals surface area contributed by atoms with Crippen LogP contribution >= 0.6 is 0 Å². The quantitative estimate of drug-likeness (QED) is 0.342. The highest BCUT2D eigenvalue weighted by atomic mass is 16.5. The van der Waals surface area contributed by atoms with Crippen LogP contribution in [0.2, 0.25) is 0 Å². The first-order chi connectivity index (χ1) is 17.6. The van der Waals surface area contributed by atoms with E-state index < -0.39 is 0 Å². The van der Waals surface area contributed by atoms with Crippen LogP contribution in [0.4, 0.5) is 23.0 Å². The fourth-order valence-electron chi connectivity index (χ4n) is 4.11. The van der Waals surface area contributed by atoms with Crippen molar-refractivity contribution < 1.29 is 14.6 Å². The van der Waals surface area contributed by atoms with Crippen LogP contribution in [0.1, 0.15) is 0 Å². The molecule has 0 radical (unpaired) electrons. The van der Waals surface area contributed by atoms with Crippen LogP contribution < -0.4 is 15.5 Å². The second-order valence-electron chi connectivity index (χ2n) is 8.36. The molecule has 1 saturated heterocycles. The van der Waals surface area contributed by atoms with E-state index >= 15 is 0 Å². The summed E-state index contributed by atoms with van der Waals surface area (Å²) in [5, 5.41) is 16.3. The molecule has 0 bridgehead atoms. The molecule has 4 aromatic rings. The number of carbonyl (C=O) groups excluding carboxylic acids is 1. The van der Waals surface area contributed by atoms with E-state index in [0.29, 0.717) is 36.0 Å². The molecule has 1 atom stereocenters. The number of fused-ring (bicyclic) bond motifs is 1. The van der Waals surface area contributed by atoms with Crippen LogP contribution in [0.15, 0.2) is 79.6 Å². The highest BCUT2D eigenvalue weighted by molar-refractivity contribution is 5.99. The van der Waals surface area contributed by atoms with Gasteiger partial charge in [-0.25, -0.2) is 9.97 Å². The van der Waals surface area contributed by atoms with Gasteiger partial charge in [0, 0.05) is 53.5 Å². The molecule has 3 heterocycles. The molecule has 1 amide bonds. The van der Waals surface area contributed by atoms with Crippen molar-refractivity contribution in [2.45, 2.75) is 6.10 Å². The number of benzene rings is 2. The van der Waals surface area contributed by atoms with Gasteiger partial charge in [-0.2, -0.15) is 0 Å². The molecule has 182 valence electrons. The zero-order chi connectivity index (χ0) is 24.9. The van der Waals surface area contributed by atoms with Crippen molar-refractivity contribution in [1.82, 2.24) is 15.0 Å². The lowest BCUT2D eigenvalue weighted by Gasteiger charge is -2.33. The Bertz CT molecular complexity index is 1390. The first-order valence-electron chi connectivity index (χ1n) is 11.6. The first-order valence-corrected chi connectivity index (χ1v) is 11.6. The number of amides is 1. The van der Waals surface area contributed by atoms with E-state index in [1.165, 1.54) is 6.08 Å². The number of pyridine rings is 1. The number of carbonyl (C=O) groups is 1. The van der Waals surface area contributed by atoms with Gasteiger partial charge in [-0.3, -0.25) is 9.78 Å². The molecule has 9 heteroatoms. The summed E-state index contributed by atoms with van der Waals surface area (Å²) >= 11 is 0. The molecule has 0 saturated carbocycles. The summed E-state index contributed by atoms with van der Waals surface area (Å²) in [7, 11) is 0. The highest BCUT2D eigenvalue weighted by Crippen LogP contribution is 2.28. The monoisotopic (exact) mass is 482 g/mol. The molecule has 1 aliphatic rings.